The quantitative estimate of drug-likeness (QED) is 0.243. The van der Waals surface area contributed by atoms with Crippen molar-refractivity contribution < 1.29 is 19.4 Å². The Kier molecular flexibility index (Phi) is 8.89. The first-order valence-electron chi connectivity index (χ1n) is 12.5. The van der Waals surface area contributed by atoms with E-state index in [0.717, 1.165) is 22.3 Å². The highest BCUT2D eigenvalue weighted by atomic mass is 16.6. The Morgan fingerprint density at radius 2 is 1.61 bits per heavy atom. The number of aromatic nitrogens is 2. The molecule has 0 bridgehead atoms. The Bertz CT molecular complexity index is 1340. The molecule has 1 amide bonds. The smallest absolute Gasteiger partial charge is 0.413 e. The SMILES string of the molecule is CC(OC(=O)Nc1c(-c2ccc(CNC(CC(=O)O)Cc3ccccc3)cc2)ncn1C)c1ccccc1. The minimum atomic E-state index is -0.833. The van der Waals surface area contributed by atoms with Crippen LogP contribution in [0.1, 0.15) is 36.1 Å². The summed E-state index contributed by atoms with van der Waals surface area (Å²) in [6.45, 7) is 2.36. The Labute approximate surface area is 222 Å². The van der Waals surface area contributed by atoms with Crippen molar-refractivity contribution in [3.05, 3.63) is 108 Å². The molecule has 4 aromatic rings. The van der Waals surface area contributed by atoms with Gasteiger partial charge in [-0.15, -0.1) is 0 Å². The highest BCUT2D eigenvalue weighted by Crippen LogP contribution is 2.27. The van der Waals surface area contributed by atoms with Gasteiger partial charge >= 0.3 is 12.1 Å². The molecular weight excluding hydrogens is 480 g/mol. The fraction of sp³-hybridized carbons (Fsp3) is 0.233. The van der Waals surface area contributed by atoms with Crippen LogP contribution in [-0.2, 0) is 29.5 Å². The Morgan fingerprint density at radius 3 is 2.26 bits per heavy atom. The summed E-state index contributed by atoms with van der Waals surface area (Å²) in [5, 5.41) is 15.5. The molecule has 4 rings (SSSR count). The summed E-state index contributed by atoms with van der Waals surface area (Å²) < 4.78 is 7.29. The fourth-order valence-electron chi connectivity index (χ4n) is 4.24. The topological polar surface area (TPSA) is 105 Å². The van der Waals surface area contributed by atoms with Crippen LogP contribution in [0.4, 0.5) is 10.6 Å². The molecule has 0 saturated heterocycles. The summed E-state index contributed by atoms with van der Waals surface area (Å²) >= 11 is 0. The van der Waals surface area contributed by atoms with Gasteiger partial charge in [0.05, 0.1) is 12.7 Å². The lowest BCUT2D eigenvalue weighted by atomic mass is 10.0. The summed E-state index contributed by atoms with van der Waals surface area (Å²) in [5.41, 5.74) is 4.48. The van der Waals surface area contributed by atoms with Crippen molar-refractivity contribution in [2.45, 2.75) is 38.5 Å². The number of carbonyl (C=O) groups excluding carboxylic acids is 1. The van der Waals surface area contributed by atoms with E-state index in [1.165, 1.54) is 0 Å². The molecule has 0 aliphatic heterocycles. The van der Waals surface area contributed by atoms with E-state index in [-0.39, 0.29) is 12.5 Å². The van der Waals surface area contributed by atoms with Gasteiger partial charge in [-0.1, -0.05) is 84.9 Å². The van der Waals surface area contributed by atoms with E-state index in [2.05, 4.69) is 15.6 Å². The van der Waals surface area contributed by atoms with Crippen LogP contribution >= 0.6 is 0 Å². The van der Waals surface area contributed by atoms with Crippen molar-refractivity contribution in [1.82, 2.24) is 14.9 Å². The van der Waals surface area contributed by atoms with E-state index in [1.807, 2.05) is 91.9 Å². The second-order valence-corrected chi connectivity index (χ2v) is 9.20. The van der Waals surface area contributed by atoms with Crippen LogP contribution in [0, 0.1) is 0 Å². The van der Waals surface area contributed by atoms with Crippen LogP contribution in [-0.4, -0.2) is 32.8 Å². The van der Waals surface area contributed by atoms with Crippen LogP contribution in [0.2, 0.25) is 0 Å². The molecule has 0 spiro atoms. The molecule has 8 heteroatoms. The average Bonchev–Trinajstić information content (AvgIpc) is 3.28. The molecular formula is C30H32N4O4. The van der Waals surface area contributed by atoms with Crippen molar-refractivity contribution >= 4 is 17.9 Å². The Hall–Kier alpha value is -4.43. The van der Waals surface area contributed by atoms with E-state index < -0.39 is 18.2 Å². The van der Waals surface area contributed by atoms with E-state index in [9.17, 15) is 14.7 Å². The van der Waals surface area contributed by atoms with E-state index in [4.69, 9.17) is 4.74 Å². The number of ether oxygens (including phenoxy) is 1. The van der Waals surface area contributed by atoms with Gasteiger partial charge in [-0.2, -0.15) is 0 Å². The second kappa shape index (κ2) is 12.7. The number of amides is 1. The molecule has 196 valence electrons. The second-order valence-electron chi connectivity index (χ2n) is 9.20. The number of nitrogens with one attached hydrogen (secondary N) is 2. The van der Waals surface area contributed by atoms with Crippen molar-refractivity contribution in [2.24, 2.45) is 7.05 Å². The fourth-order valence-corrected chi connectivity index (χ4v) is 4.24. The molecule has 0 saturated carbocycles. The number of anilines is 1. The van der Waals surface area contributed by atoms with Gasteiger partial charge in [0.25, 0.3) is 0 Å². The summed E-state index contributed by atoms with van der Waals surface area (Å²) in [4.78, 5) is 28.5. The van der Waals surface area contributed by atoms with Gasteiger partial charge < -0.3 is 19.7 Å². The van der Waals surface area contributed by atoms with Crippen LogP contribution in [0.5, 0.6) is 0 Å². The number of nitrogens with zero attached hydrogens (tertiary/aromatic N) is 2. The third-order valence-corrected chi connectivity index (χ3v) is 6.28. The van der Waals surface area contributed by atoms with Crippen LogP contribution in [0.3, 0.4) is 0 Å². The maximum Gasteiger partial charge on any atom is 0.413 e. The van der Waals surface area contributed by atoms with E-state index in [1.54, 1.807) is 17.9 Å². The predicted molar refractivity (Wildman–Crippen MR) is 147 cm³/mol. The first-order valence-corrected chi connectivity index (χ1v) is 12.5. The number of aliphatic carboxylic acids is 1. The van der Waals surface area contributed by atoms with Crippen LogP contribution < -0.4 is 10.6 Å². The zero-order valence-electron chi connectivity index (χ0n) is 21.5. The number of hydrogen-bond donors (Lipinski definition) is 3. The average molecular weight is 513 g/mol. The number of carboxylic acid groups (broad SMARTS) is 1. The first kappa shape index (κ1) is 26.6. The van der Waals surface area contributed by atoms with E-state index >= 15 is 0 Å². The van der Waals surface area contributed by atoms with Crippen molar-refractivity contribution in [3.8, 4) is 11.3 Å². The molecule has 3 aromatic carbocycles. The number of carbonyl (C=O) groups is 2. The molecule has 0 aliphatic carbocycles. The van der Waals surface area contributed by atoms with E-state index in [0.29, 0.717) is 24.5 Å². The number of imidazole rings is 1. The number of benzene rings is 3. The van der Waals surface area contributed by atoms with Crippen LogP contribution in [0.25, 0.3) is 11.3 Å². The molecule has 2 unspecified atom stereocenters. The minimum Gasteiger partial charge on any atom is -0.481 e. The molecule has 38 heavy (non-hydrogen) atoms. The van der Waals surface area contributed by atoms with Gasteiger partial charge in [0.15, 0.2) is 0 Å². The number of hydrogen-bond acceptors (Lipinski definition) is 5. The summed E-state index contributed by atoms with van der Waals surface area (Å²) in [6.07, 6.45) is 1.35. The summed E-state index contributed by atoms with van der Waals surface area (Å²) in [7, 11) is 1.81. The third kappa shape index (κ3) is 7.30. The minimum absolute atomic E-state index is 0.0366. The largest absolute Gasteiger partial charge is 0.481 e. The van der Waals surface area contributed by atoms with Gasteiger partial charge in [0.1, 0.15) is 17.6 Å². The Balaban J connectivity index is 1.39. The third-order valence-electron chi connectivity index (χ3n) is 6.28. The molecule has 0 fully saturated rings. The van der Waals surface area contributed by atoms with Crippen molar-refractivity contribution in [1.29, 1.82) is 0 Å². The number of rotatable bonds is 11. The zero-order chi connectivity index (χ0) is 26.9. The van der Waals surface area contributed by atoms with Gasteiger partial charge in [0, 0.05) is 25.2 Å². The van der Waals surface area contributed by atoms with Gasteiger partial charge in [0.2, 0.25) is 0 Å². The standard InChI is InChI=1S/C30H32N4O4/c1-21(24-11-7-4-8-12-24)38-30(37)33-29-28(32-20-34(29)2)25-15-13-23(14-16-25)19-31-26(18-27(35)36)17-22-9-5-3-6-10-22/h3-16,20-21,26,31H,17-19H2,1-2H3,(H,33,37)(H,35,36). The van der Waals surface area contributed by atoms with Gasteiger partial charge in [-0.25, -0.2) is 9.78 Å². The monoisotopic (exact) mass is 512 g/mol. The normalized spacial score (nSPS) is 12.5. The highest BCUT2D eigenvalue weighted by molar-refractivity contribution is 5.89. The molecule has 3 N–H and O–H groups in total. The lowest BCUT2D eigenvalue weighted by molar-refractivity contribution is -0.137. The van der Waals surface area contributed by atoms with Gasteiger partial charge in [-0.05, 0) is 30.0 Å². The molecule has 8 nitrogen and oxygen atoms in total. The molecule has 2 atom stereocenters. The number of aryl methyl sites for hydroxylation is 1. The van der Waals surface area contributed by atoms with Gasteiger partial charge in [-0.3, -0.25) is 10.1 Å². The lowest BCUT2D eigenvalue weighted by Crippen LogP contribution is -2.33. The molecule has 0 aliphatic rings. The summed E-state index contributed by atoms with van der Waals surface area (Å²) in [5.74, 6) is -0.300. The van der Waals surface area contributed by atoms with Crippen molar-refractivity contribution in [3.63, 3.8) is 0 Å². The van der Waals surface area contributed by atoms with Crippen LogP contribution in [0.15, 0.2) is 91.3 Å². The predicted octanol–water partition coefficient (Wildman–Crippen LogP) is 5.57. The zero-order valence-corrected chi connectivity index (χ0v) is 21.5. The molecule has 1 aromatic heterocycles. The highest BCUT2D eigenvalue weighted by Gasteiger charge is 2.18. The molecule has 0 radical (unpaired) electrons. The summed E-state index contributed by atoms with van der Waals surface area (Å²) in [6, 6.07) is 27.0. The van der Waals surface area contributed by atoms with Crippen molar-refractivity contribution in [2.75, 3.05) is 5.32 Å². The molecule has 1 heterocycles. The number of carboxylic acids is 1. The maximum absolute atomic E-state index is 12.6. The Morgan fingerprint density at radius 1 is 0.947 bits per heavy atom. The first-order chi connectivity index (χ1) is 18.4. The maximum atomic E-state index is 12.6. The lowest BCUT2D eigenvalue weighted by Gasteiger charge is -2.17.